The van der Waals surface area contributed by atoms with Crippen LogP contribution < -0.4 is 16.1 Å². The number of aliphatic hydroxyl groups excluding tert-OH is 1. The topological polar surface area (TPSA) is 128 Å². The number of aliphatic hydroxyl groups is 1. The zero-order valence-electron chi connectivity index (χ0n) is 15.3. The van der Waals surface area contributed by atoms with E-state index in [-0.39, 0.29) is 18.2 Å². The van der Waals surface area contributed by atoms with Crippen molar-refractivity contribution in [2.45, 2.75) is 59.6 Å². The predicted octanol–water partition coefficient (Wildman–Crippen LogP) is 0.182. The van der Waals surface area contributed by atoms with Gasteiger partial charge in [0.15, 0.2) is 0 Å². The van der Waals surface area contributed by atoms with Crippen molar-refractivity contribution in [1.82, 2.24) is 16.1 Å². The molecular formula is C16H31N3O5. The van der Waals surface area contributed by atoms with Crippen LogP contribution in [0.3, 0.4) is 0 Å². The van der Waals surface area contributed by atoms with Crippen molar-refractivity contribution in [3.8, 4) is 0 Å². The molecule has 0 rings (SSSR count). The van der Waals surface area contributed by atoms with Crippen molar-refractivity contribution in [2.24, 2.45) is 17.3 Å². The lowest BCUT2D eigenvalue weighted by molar-refractivity contribution is -0.147. The van der Waals surface area contributed by atoms with Crippen molar-refractivity contribution in [3.05, 3.63) is 0 Å². The molecule has 8 heteroatoms. The Labute approximate surface area is 143 Å². The van der Waals surface area contributed by atoms with E-state index in [4.69, 9.17) is 5.21 Å². The second-order valence-electron chi connectivity index (χ2n) is 7.42. The van der Waals surface area contributed by atoms with Gasteiger partial charge in [-0.15, -0.1) is 0 Å². The zero-order chi connectivity index (χ0) is 19.1. The van der Waals surface area contributed by atoms with Gasteiger partial charge in [-0.1, -0.05) is 41.0 Å². The molecular weight excluding hydrogens is 314 g/mol. The largest absolute Gasteiger partial charge is 0.382 e. The van der Waals surface area contributed by atoms with Crippen LogP contribution >= 0.6 is 0 Å². The first-order valence-corrected chi connectivity index (χ1v) is 8.09. The van der Waals surface area contributed by atoms with Gasteiger partial charge in [0.2, 0.25) is 11.8 Å². The molecule has 0 unspecified atom stereocenters. The highest BCUT2D eigenvalue weighted by Crippen LogP contribution is 2.22. The summed E-state index contributed by atoms with van der Waals surface area (Å²) < 4.78 is 0. The van der Waals surface area contributed by atoms with E-state index in [0.29, 0.717) is 6.42 Å². The molecule has 8 nitrogen and oxygen atoms in total. The molecule has 0 aliphatic heterocycles. The van der Waals surface area contributed by atoms with Crippen LogP contribution in [0.5, 0.6) is 0 Å². The van der Waals surface area contributed by atoms with Gasteiger partial charge < -0.3 is 15.7 Å². The van der Waals surface area contributed by atoms with Gasteiger partial charge in [-0.25, -0.2) is 5.48 Å². The van der Waals surface area contributed by atoms with E-state index in [1.54, 1.807) is 20.8 Å². The van der Waals surface area contributed by atoms with Gasteiger partial charge >= 0.3 is 0 Å². The lowest BCUT2D eigenvalue weighted by Crippen LogP contribution is -2.56. The number of likely N-dealkylation sites (N-methyl/N-ethyl adjacent to an activating group) is 1. The van der Waals surface area contributed by atoms with E-state index in [2.05, 4.69) is 10.6 Å². The van der Waals surface area contributed by atoms with E-state index in [1.807, 2.05) is 13.8 Å². The Morgan fingerprint density at radius 3 is 1.92 bits per heavy atom. The van der Waals surface area contributed by atoms with Crippen LogP contribution in [0, 0.1) is 17.3 Å². The Kier molecular flexibility index (Phi) is 8.92. The van der Waals surface area contributed by atoms with Gasteiger partial charge in [-0.3, -0.25) is 19.6 Å². The van der Waals surface area contributed by atoms with Crippen LogP contribution in [0.25, 0.3) is 0 Å². The Morgan fingerprint density at radius 2 is 1.54 bits per heavy atom. The lowest BCUT2D eigenvalue weighted by atomic mass is 9.84. The highest BCUT2D eigenvalue weighted by Gasteiger charge is 2.37. The summed E-state index contributed by atoms with van der Waals surface area (Å²) in [4.78, 5) is 36.1. The van der Waals surface area contributed by atoms with E-state index in [0.717, 1.165) is 0 Å². The third kappa shape index (κ3) is 6.84. The van der Waals surface area contributed by atoms with Crippen molar-refractivity contribution >= 4 is 17.7 Å². The monoisotopic (exact) mass is 345 g/mol. The zero-order valence-corrected chi connectivity index (χ0v) is 15.3. The molecule has 0 fully saturated rings. The highest BCUT2D eigenvalue weighted by molar-refractivity contribution is 5.92. The summed E-state index contributed by atoms with van der Waals surface area (Å²) in [6.45, 7) is 9.30. The average Bonchev–Trinajstić information content (AvgIpc) is 2.49. The van der Waals surface area contributed by atoms with Crippen LogP contribution in [-0.2, 0) is 14.4 Å². The van der Waals surface area contributed by atoms with Crippen molar-refractivity contribution in [3.63, 3.8) is 0 Å². The number of amides is 3. The van der Waals surface area contributed by atoms with Gasteiger partial charge in [0.1, 0.15) is 12.1 Å². The molecule has 3 amide bonds. The molecule has 5 N–H and O–H groups in total. The molecule has 0 saturated carbocycles. The predicted molar refractivity (Wildman–Crippen MR) is 89.0 cm³/mol. The smallest absolute Gasteiger partial charge is 0.272 e. The number of carbonyl (C=O) groups excluding carboxylic acids is 3. The normalized spacial score (nSPS) is 15.4. The number of carbonyl (C=O) groups is 3. The molecule has 0 saturated heterocycles. The fourth-order valence-corrected chi connectivity index (χ4v) is 2.26. The summed E-state index contributed by atoms with van der Waals surface area (Å²) in [5.74, 6) is -2.81. The van der Waals surface area contributed by atoms with Crippen molar-refractivity contribution in [2.75, 3.05) is 7.05 Å². The maximum atomic E-state index is 12.6. The third-order valence-electron chi connectivity index (χ3n) is 3.81. The minimum atomic E-state index is -1.70. The van der Waals surface area contributed by atoms with Crippen LogP contribution in [-0.4, -0.2) is 47.2 Å². The molecule has 140 valence electrons. The van der Waals surface area contributed by atoms with Gasteiger partial charge in [0, 0.05) is 7.05 Å². The van der Waals surface area contributed by atoms with Gasteiger partial charge in [-0.05, 0) is 17.8 Å². The molecule has 0 radical (unpaired) electrons. The van der Waals surface area contributed by atoms with E-state index in [9.17, 15) is 19.5 Å². The SMILES string of the molecule is CNC(=O)[C@@H](NC(=O)[C@H](CCC(C)C)[C@H](O)C(=O)NO)C(C)(C)C. The quantitative estimate of drug-likeness (QED) is 0.317. The first-order valence-electron chi connectivity index (χ1n) is 8.09. The minimum absolute atomic E-state index is 0.253. The number of hydrogen-bond acceptors (Lipinski definition) is 5. The molecule has 0 aromatic rings. The van der Waals surface area contributed by atoms with Gasteiger partial charge in [0.25, 0.3) is 5.91 Å². The van der Waals surface area contributed by atoms with Gasteiger partial charge in [0.05, 0.1) is 5.92 Å². The Bertz CT molecular complexity index is 445. The van der Waals surface area contributed by atoms with E-state index >= 15 is 0 Å². The Morgan fingerprint density at radius 1 is 1.00 bits per heavy atom. The van der Waals surface area contributed by atoms with Crippen molar-refractivity contribution in [1.29, 1.82) is 0 Å². The number of hydroxylamine groups is 1. The Hall–Kier alpha value is -1.67. The molecule has 0 heterocycles. The number of rotatable bonds is 8. The third-order valence-corrected chi connectivity index (χ3v) is 3.81. The molecule has 24 heavy (non-hydrogen) atoms. The second kappa shape index (κ2) is 9.58. The molecule has 0 spiro atoms. The first kappa shape index (κ1) is 22.3. The highest BCUT2D eigenvalue weighted by atomic mass is 16.5. The standard InChI is InChI=1S/C16H31N3O5/c1-9(2)7-8-10(11(20)14(22)19-24)13(21)18-12(15(23)17-6)16(3,4)5/h9-12,20,24H,7-8H2,1-6H3,(H,17,23)(H,18,21)(H,19,22)/t10-,11+,12-/m1/s1. The summed E-state index contributed by atoms with van der Waals surface area (Å²) in [7, 11) is 1.47. The number of hydrogen-bond donors (Lipinski definition) is 5. The Balaban J connectivity index is 5.33. The second-order valence-corrected chi connectivity index (χ2v) is 7.42. The summed E-state index contributed by atoms with van der Waals surface area (Å²) in [6.07, 6.45) is -0.837. The molecule has 0 aromatic carbocycles. The average molecular weight is 345 g/mol. The fraction of sp³-hybridized carbons (Fsp3) is 0.812. The van der Waals surface area contributed by atoms with Crippen molar-refractivity contribution < 1.29 is 24.7 Å². The molecule has 0 aromatic heterocycles. The lowest BCUT2D eigenvalue weighted by Gasteiger charge is -2.32. The van der Waals surface area contributed by atoms with E-state index in [1.165, 1.54) is 12.5 Å². The van der Waals surface area contributed by atoms with Crippen LogP contribution in [0.15, 0.2) is 0 Å². The molecule has 0 aliphatic carbocycles. The number of nitrogens with one attached hydrogen (secondary N) is 3. The summed E-state index contributed by atoms with van der Waals surface area (Å²) in [5, 5.41) is 23.8. The fourth-order valence-electron chi connectivity index (χ4n) is 2.26. The minimum Gasteiger partial charge on any atom is -0.382 e. The molecule has 0 bridgehead atoms. The van der Waals surface area contributed by atoms with E-state index < -0.39 is 35.3 Å². The van der Waals surface area contributed by atoms with Crippen LogP contribution in [0.2, 0.25) is 0 Å². The molecule has 0 aliphatic rings. The first-order chi connectivity index (χ1) is 10.9. The maximum absolute atomic E-state index is 12.6. The van der Waals surface area contributed by atoms with Crippen LogP contribution in [0.1, 0.15) is 47.5 Å². The van der Waals surface area contributed by atoms with Crippen LogP contribution in [0.4, 0.5) is 0 Å². The molecule has 3 atom stereocenters. The summed E-state index contributed by atoms with van der Waals surface area (Å²) >= 11 is 0. The maximum Gasteiger partial charge on any atom is 0.272 e. The summed E-state index contributed by atoms with van der Waals surface area (Å²) in [6, 6.07) is -0.819. The summed E-state index contributed by atoms with van der Waals surface area (Å²) in [5.41, 5.74) is 0.804. The van der Waals surface area contributed by atoms with Gasteiger partial charge in [-0.2, -0.15) is 0 Å².